The number of aryl methyl sites for hydroxylation is 7. The Hall–Kier alpha value is -4.68. The zero-order valence-electron chi connectivity index (χ0n) is 32.9. The highest BCUT2D eigenvalue weighted by Crippen LogP contribution is 2.17. The summed E-state index contributed by atoms with van der Waals surface area (Å²) >= 11 is 0. The molecule has 0 heterocycles. The summed E-state index contributed by atoms with van der Waals surface area (Å²) < 4.78 is 0. The average Bonchev–Trinajstić information content (AvgIpc) is 3.14. The van der Waals surface area contributed by atoms with Crippen LogP contribution < -0.4 is 0 Å². The maximum absolute atomic E-state index is 2.30. The largest absolute Gasteiger partial charge is 0.0683 e. The predicted molar refractivity (Wildman–Crippen MR) is 223 cm³/mol. The summed E-state index contributed by atoms with van der Waals surface area (Å²) in [6.45, 7) is 23.1. The summed E-state index contributed by atoms with van der Waals surface area (Å²) in [6.07, 6.45) is 3.09. The summed E-state index contributed by atoms with van der Waals surface area (Å²) in [5.74, 6) is 0. The monoisotopic (exact) mass is 662 g/mol. The molecule has 0 N–H and O–H groups in total. The number of hydrogen-bond donors (Lipinski definition) is 0. The first-order chi connectivity index (χ1) is 24.2. The number of hydrogen-bond acceptors (Lipinski definition) is 0. The van der Waals surface area contributed by atoms with Crippen LogP contribution in [0.3, 0.4) is 0 Å². The SMILES string of the molecule is CC.CC.Cc1ccc(Cc2ccc(C)c(C)c2)cc1C.Cc1ccc(Cc2ccccc2)cc1.Cc1ccc(Cc2ccccc2)cc1C. The smallest absolute Gasteiger partial charge is 0.00256 e. The predicted octanol–water partition coefficient (Wildman–Crippen LogP) is 14.0. The Balaban J connectivity index is 0.000000248. The lowest BCUT2D eigenvalue weighted by Gasteiger charge is -2.07. The van der Waals surface area contributed by atoms with E-state index in [1.807, 2.05) is 27.7 Å². The zero-order chi connectivity index (χ0) is 36.9. The third-order valence-corrected chi connectivity index (χ3v) is 8.74. The second-order valence-electron chi connectivity index (χ2n) is 12.7. The van der Waals surface area contributed by atoms with Crippen molar-refractivity contribution in [2.24, 2.45) is 0 Å². The van der Waals surface area contributed by atoms with Gasteiger partial charge in [-0.1, -0.05) is 173 Å². The van der Waals surface area contributed by atoms with Gasteiger partial charge in [0, 0.05) is 0 Å². The van der Waals surface area contributed by atoms with Gasteiger partial charge >= 0.3 is 0 Å². The van der Waals surface area contributed by atoms with Crippen LogP contribution in [0.15, 0.2) is 140 Å². The third-order valence-electron chi connectivity index (χ3n) is 8.74. The maximum atomic E-state index is 2.30. The molecule has 0 spiro atoms. The van der Waals surface area contributed by atoms with Crippen molar-refractivity contribution in [3.8, 4) is 0 Å². The van der Waals surface area contributed by atoms with Gasteiger partial charge in [0.25, 0.3) is 0 Å². The molecule has 0 heteroatoms. The molecule has 262 valence electrons. The summed E-state index contributed by atoms with van der Waals surface area (Å²) in [5.41, 5.74) is 17.9. The molecule has 0 aliphatic rings. The Bertz CT molecular complexity index is 1740. The molecule has 0 aliphatic carbocycles. The lowest BCUT2D eigenvalue weighted by molar-refractivity contribution is 1.15. The van der Waals surface area contributed by atoms with Crippen LogP contribution in [0.5, 0.6) is 0 Å². The first-order valence-corrected chi connectivity index (χ1v) is 18.5. The molecule has 0 saturated carbocycles. The van der Waals surface area contributed by atoms with E-state index in [1.165, 1.54) is 72.3 Å². The van der Waals surface area contributed by atoms with Crippen molar-refractivity contribution in [1.29, 1.82) is 0 Å². The van der Waals surface area contributed by atoms with Crippen molar-refractivity contribution in [2.45, 2.75) is 95.4 Å². The van der Waals surface area contributed by atoms with Crippen molar-refractivity contribution in [3.63, 3.8) is 0 Å². The van der Waals surface area contributed by atoms with Crippen molar-refractivity contribution in [1.82, 2.24) is 0 Å². The van der Waals surface area contributed by atoms with Crippen LogP contribution in [0.2, 0.25) is 0 Å². The highest BCUT2D eigenvalue weighted by molar-refractivity contribution is 5.37. The van der Waals surface area contributed by atoms with Crippen molar-refractivity contribution < 1.29 is 0 Å². The Labute approximate surface area is 306 Å². The standard InChI is InChI=1S/C17H20.C15H16.C14H14.2C2H6/c1-12-5-7-16(9-14(12)3)11-17-8-6-13(2)15(4)10-17;1-12-8-9-15(10-13(12)2)11-14-6-4-3-5-7-14;1-12-7-9-14(10-8-12)11-13-5-3-2-4-6-13;2*1-2/h5-10H,11H2,1-4H3;3-10H,11H2,1-2H3;2-10H,11H2,1H3;2*1-2H3. The van der Waals surface area contributed by atoms with E-state index in [1.54, 1.807) is 0 Å². The van der Waals surface area contributed by atoms with Crippen LogP contribution in [0.4, 0.5) is 0 Å². The van der Waals surface area contributed by atoms with E-state index in [9.17, 15) is 0 Å². The molecule has 0 aromatic heterocycles. The minimum atomic E-state index is 1.03. The van der Waals surface area contributed by atoms with Crippen molar-refractivity contribution in [3.05, 3.63) is 212 Å². The van der Waals surface area contributed by atoms with Crippen LogP contribution >= 0.6 is 0 Å². The van der Waals surface area contributed by atoms with Crippen molar-refractivity contribution >= 4 is 0 Å². The molecule has 0 saturated heterocycles. The van der Waals surface area contributed by atoms with Gasteiger partial charge in [0.05, 0.1) is 0 Å². The Morgan fingerprint density at radius 3 is 0.840 bits per heavy atom. The maximum Gasteiger partial charge on any atom is -0.00256 e. The third kappa shape index (κ3) is 14.8. The molecule has 0 nitrogen and oxygen atoms in total. The highest BCUT2D eigenvalue weighted by Gasteiger charge is 2.01. The molecule has 6 aromatic rings. The van der Waals surface area contributed by atoms with E-state index in [2.05, 4.69) is 188 Å². The van der Waals surface area contributed by atoms with E-state index < -0.39 is 0 Å². The fourth-order valence-electron chi connectivity index (χ4n) is 5.35. The first kappa shape index (κ1) is 41.5. The molecule has 50 heavy (non-hydrogen) atoms. The Kier molecular flexibility index (Phi) is 19.0. The van der Waals surface area contributed by atoms with Gasteiger partial charge in [0.1, 0.15) is 0 Å². The Morgan fingerprint density at radius 1 is 0.260 bits per heavy atom. The molecule has 0 unspecified atom stereocenters. The van der Waals surface area contributed by atoms with Gasteiger partial charge in [0.2, 0.25) is 0 Å². The molecule has 0 atom stereocenters. The van der Waals surface area contributed by atoms with Gasteiger partial charge in [-0.25, -0.2) is 0 Å². The molecule has 6 rings (SSSR count). The van der Waals surface area contributed by atoms with E-state index in [0.29, 0.717) is 0 Å². The number of rotatable bonds is 6. The second-order valence-corrected chi connectivity index (χ2v) is 12.7. The van der Waals surface area contributed by atoms with E-state index in [0.717, 1.165) is 19.3 Å². The van der Waals surface area contributed by atoms with Gasteiger partial charge in [-0.3, -0.25) is 0 Å². The topological polar surface area (TPSA) is 0 Å². The normalized spacial score (nSPS) is 9.74. The van der Waals surface area contributed by atoms with Gasteiger partial charge in [0.15, 0.2) is 0 Å². The average molecular weight is 663 g/mol. The second kappa shape index (κ2) is 22.9. The zero-order valence-corrected chi connectivity index (χ0v) is 32.9. The summed E-state index contributed by atoms with van der Waals surface area (Å²) in [7, 11) is 0. The summed E-state index contributed by atoms with van der Waals surface area (Å²) in [5, 5.41) is 0. The molecular weight excluding hydrogens is 601 g/mol. The minimum absolute atomic E-state index is 1.03. The van der Waals surface area contributed by atoms with Gasteiger partial charge in [-0.15, -0.1) is 0 Å². The fraction of sp³-hybridized carbons (Fsp3) is 0.280. The highest BCUT2D eigenvalue weighted by atomic mass is 14.1. The van der Waals surface area contributed by atoms with E-state index in [-0.39, 0.29) is 0 Å². The van der Waals surface area contributed by atoms with Crippen LogP contribution in [-0.2, 0) is 19.3 Å². The van der Waals surface area contributed by atoms with Gasteiger partial charge < -0.3 is 0 Å². The van der Waals surface area contributed by atoms with Crippen LogP contribution in [0.25, 0.3) is 0 Å². The van der Waals surface area contributed by atoms with Crippen LogP contribution in [0.1, 0.15) is 100 Å². The first-order valence-electron chi connectivity index (χ1n) is 18.5. The quantitative estimate of drug-likeness (QED) is 0.166. The van der Waals surface area contributed by atoms with E-state index >= 15 is 0 Å². The molecule has 0 fully saturated rings. The lowest BCUT2D eigenvalue weighted by atomic mass is 9.98. The minimum Gasteiger partial charge on any atom is -0.0683 e. The van der Waals surface area contributed by atoms with Gasteiger partial charge in [-0.2, -0.15) is 0 Å². The van der Waals surface area contributed by atoms with E-state index in [4.69, 9.17) is 0 Å². The lowest BCUT2D eigenvalue weighted by Crippen LogP contribution is -1.92. The molecule has 0 radical (unpaired) electrons. The van der Waals surface area contributed by atoms with Crippen LogP contribution in [-0.4, -0.2) is 0 Å². The molecule has 0 amide bonds. The van der Waals surface area contributed by atoms with Gasteiger partial charge in [-0.05, 0) is 134 Å². The summed E-state index contributed by atoms with van der Waals surface area (Å²) in [6, 6.07) is 50.1. The molecule has 0 aliphatic heterocycles. The number of benzene rings is 6. The fourth-order valence-corrected chi connectivity index (χ4v) is 5.35. The Morgan fingerprint density at radius 2 is 0.520 bits per heavy atom. The van der Waals surface area contributed by atoms with Crippen LogP contribution in [0, 0.1) is 48.5 Å². The molecule has 6 aromatic carbocycles. The summed E-state index contributed by atoms with van der Waals surface area (Å²) in [4.78, 5) is 0. The molecule has 0 bridgehead atoms. The molecular formula is C50H62. The van der Waals surface area contributed by atoms with Crippen molar-refractivity contribution in [2.75, 3.05) is 0 Å².